The van der Waals surface area contributed by atoms with Crippen molar-refractivity contribution in [2.45, 2.75) is 32.6 Å². The Morgan fingerprint density at radius 2 is 2.33 bits per heavy atom. The summed E-state index contributed by atoms with van der Waals surface area (Å²) < 4.78 is 4.93. The van der Waals surface area contributed by atoms with Crippen LogP contribution in [0.2, 0.25) is 0 Å². The van der Waals surface area contributed by atoms with E-state index in [1.165, 1.54) is 6.08 Å². The maximum Gasteiger partial charge on any atom is 0.330 e. The fourth-order valence-corrected chi connectivity index (χ4v) is 1.45. The molecule has 0 saturated carbocycles. The Balaban J connectivity index is 2.45. The summed E-state index contributed by atoms with van der Waals surface area (Å²) in [5.41, 5.74) is 0.644. The summed E-state index contributed by atoms with van der Waals surface area (Å²) in [5.74, 6) is -0.281. The van der Waals surface area contributed by atoms with Crippen LogP contribution in [0.1, 0.15) is 32.6 Å². The monoisotopic (exact) mass is 208 g/mol. The summed E-state index contributed by atoms with van der Waals surface area (Å²) in [4.78, 5) is 22.5. The molecule has 1 aliphatic carbocycles. The van der Waals surface area contributed by atoms with Crippen molar-refractivity contribution in [1.29, 1.82) is 0 Å². The van der Waals surface area contributed by atoms with E-state index in [0.717, 1.165) is 19.3 Å². The topological polar surface area (TPSA) is 43.4 Å². The number of ether oxygens (including phenoxy) is 1. The Morgan fingerprint density at radius 1 is 1.53 bits per heavy atom. The van der Waals surface area contributed by atoms with Crippen LogP contribution in [0.25, 0.3) is 0 Å². The van der Waals surface area contributed by atoms with Crippen molar-refractivity contribution in [3.63, 3.8) is 0 Å². The SMILES string of the molecule is C/C=C/C(=O)OCC1=CCCCCC1=O. The van der Waals surface area contributed by atoms with Crippen molar-refractivity contribution in [2.75, 3.05) is 6.61 Å². The van der Waals surface area contributed by atoms with Crippen molar-refractivity contribution in [3.05, 3.63) is 23.8 Å². The molecule has 0 bridgehead atoms. The number of esters is 1. The van der Waals surface area contributed by atoms with Crippen LogP contribution in [0.5, 0.6) is 0 Å². The summed E-state index contributed by atoms with van der Waals surface area (Å²) in [6.45, 7) is 1.86. The highest BCUT2D eigenvalue weighted by Crippen LogP contribution is 2.14. The number of hydrogen-bond acceptors (Lipinski definition) is 3. The lowest BCUT2D eigenvalue weighted by Gasteiger charge is -2.04. The molecule has 0 aromatic heterocycles. The second-order valence-corrected chi connectivity index (χ2v) is 3.51. The first-order valence-electron chi connectivity index (χ1n) is 5.25. The van der Waals surface area contributed by atoms with Gasteiger partial charge in [0.05, 0.1) is 0 Å². The van der Waals surface area contributed by atoms with Gasteiger partial charge in [0, 0.05) is 18.1 Å². The molecule has 82 valence electrons. The van der Waals surface area contributed by atoms with E-state index in [9.17, 15) is 9.59 Å². The molecule has 0 radical (unpaired) electrons. The molecule has 0 saturated heterocycles. The summed E-state index contributed by atoms with van der Waals surface area (Å²) in [6.07, 6.45) is 8.31. The summed E-state index contributed by atoms with van der Waals surface area (Å²) in [5, 5.41) is 0. The van der Waals surface area contributed by atoms with Gasteiger partial charge in [0.25, 0.3) is 0 Å². The Kier molecular flexibility index (Phi) is 4.81. The molecule has 15 heavy (non-hydrogen) atoms. The van der Waals surface area contributed by atoms with Crippen molar-refractivity contribution in [1.82, 2.24) is 0 Å². The highest BCUT2D eigenvalue weighted by molar-refractivity contribution is 5.96. The molecule has 0 unspecified atom stereocenters. The second kappa shape index (κ2) is 6.17. The molecule has 0 aromatic rings. The van der Waals surface area contributed by atoms with Crippen LogP contribution in [0.3, 0.4) is 0 Å². The lowest BCUT2D eigenvalue weighted by atomic mass is 10.1. The molecule has 0 spiro atoms. The highest BCUT2D eigenvalue weighted by Gasteiger charge is 2.13. The first kappa shape index (κ1) is 11.7. The molecular formula is C12H16O3. The van der Waals surface area contributed by atoms with Gasteiger partial charge in [0.1, 0.15) is 6.61 Å². The average molecular weight is 208 g/mol. The minimum Gasteiger partial charge on any atom is -0.458 e. The molecule has 0 amide bonds. The van der Waals surface area contributed by atoms with E-state index < -0.39 is 5.97 Å². The van der Waals surface area contributed by atoms with Gasteiger partial charge in [-0.3, -0.25) is 4.79 Å². The molecule has 3 nitrogen and oxygen atoms in total. The number of allylic oxidation sites excluding steroid dienone is 2. The zero-order chi connectivity index (χ0) is 11.1. The minimum absolute atomic E-state index is 0.112. The molecular weight excluding hydrogens is 192 g/mol. The smallest absolute Gasteiger partial charge is 0.330 e. The van der Waals surface area contributed by atoms with E-state index in [-0.39, 0.29) is 12.4 Å². The van der Waals surface area contributed by atoms with E-state index in [1.807, 2.05) is 6.08 Å². The van der Waals surface area contributed by atoms with E-state index in [2.05, 4.69) is 0 Å². The van der Waals surface area contributed by atoms with Gasteiger partial charge in [-0.05, 0) is 26.2 Å². The maximum absolute atomic E-state index is 11.5. The average Bonchev–Trinajstić information content (AvgIpc) is 2.41. The van der Waals surface area contributed by atoms with E-state index in [0.29, 0.717) is 12.0 Å². The highest BCUT2D eigenvalue weighted by atomic mass is 16.5. The Labute approximate surface area is 89.8 Å². The number of hydrogen-bond donors (Lipinski definition) is 0. The summed E-state index contributed by atoms with van der Waals surface area (Å²) in [7, 11) is 0. The Bertz CT molecular complexity index is 300. The van der Waals surface area contributed by atoms with Gasteiger partial charge in [0.15, 0.2) is 5.78 Å². The first-order valence-corrected chi connectivity index (χ1v) is 5.25. The van der Waals surface area contributed by atoms with Gasteiger partial charge in [0.2, 0.25) is 0 Å². The first-order chi connectivity index (χ1) is 7.24. The lowest BCUT2D eigenvalue weighted by molar-refractivity contribution is -0.137. The van der Waals surface area contributed by atoms with Gasteiger partial charge in [-0.1, -0.05) is 12.2 Å². The zero-order valence-electron chi connectivity index (χ0n) is 8.99. The summed E-state index contributed by atoms with van der Waals surface area (Å²) in [6, 6.07) is 0. The van der Waals surface area contributed by atoms with Gasteiger partial charge in [-0.15, -0.1) is 0 Å². The Hall–Kier alpha value is -1.38. The fourth-order valence-electron chi connectivity index (χ4n) is 1.45. The molecule has 1 aliphatic rings. The number of carbonyl (C=O) groups is 2. The zero-order valence-corrected chi connectivity index (χ0v) is 8.99. The minimum atomic E-state index is -0.393. The molecule has 0 fully saturated rings. The third-order valence-electron chi connectivity index (χ3n) is 2.28. The fraction of sp³-hybridized carbons (Fsp3) is 0.500. The van der Waals surface area contributed by atoms with Gasteiger partial charge in [-0.25, -0.2) is 4.79 Å². The van der Waals surface area contributed by atoms with Crippen LogP contribution in [0.15, 0.2) is 23.8 Å². The molecule has 1 rings (SSSR count). The number of Topliss-reactive ketones (excluding diaryl/α,β-unsaturated/α-hetero) is 1. The van der Waals surface area contributed by atoms with E-state index in [4.69, 9.17) is 4.74 Å². The van der Waals surface area contributed by atoms with E-state index >= 15 is 0 Å². The molecule has 3 heteroatoms. The van der Waals surface area contributed by atoms with Crippen LogP contribution in [0.4, 0.5) is 0 Å². The predicted octanol–water partition coefficient (Wildman–Crippen LogP) is 2.18. The number of ketones is 1. The molecule has 0 aliphatic heterocycles. The third kappa shape index (κ3) is 4.11. The van der Waals surface area contributed by atoms with Crippen LogP contribution in [0, 0.1) is 0 Å². The largest absolute Gasteiger partial charge is 0.458 e. The van der Waals surface area contributed by atoms with Crippen LogP contribution in [-0.2, 0) is 14.3 Å². The van der Waals surface area contributed by atoms with Crippen LogP contribution < -0.4 is 0 Å². The van der Waals surface area contributed by atoms with Gasteiger partial charge < -0.3 is 4.74 Å². The molecule has 0 N–H and O–H groups in total. The van der Waals surface area contributed by atoms with Crippen LogP contribution in [-0.4, -0.2) is 18.4 Å². The standard InChI is InChI=1S/C12H16O3/c1-2-6-12(14)15-9-10-7-4-3-5-8-11(10)13/h2,6-7H,3-5,8-9H2,1H3/b6-2+. The quantitative estimate of drug-likeness (QED) is 0.527. The van der Waals surface area contributed by atoms with Crippen molar-refractivity contribution < 1.29 is 14.3 Å². The van der Waals surface area contributed by atoms with Gasteiger partial charge in [-0.2, -0.15) is 0 Å². The second-order valence-electron chi connectivity index (χ2n) is 3.51. The summed E-state index contributed by atoms with van der Waals surface area (Å²) >= 11 is 0. The predicted molar refractivity (Wildman–Crippen MR) is 57.3 cm³/mol. The number of carbonyl (C=O) groups excluding carboxylic acids is 2. The van der Waals surface area contributed by atoms with E-state index in [1.54, 1.807) is 13.0 Å². The van der Waals surface area contributed by atoms with Crippen molar-refractivity contribution in [2.24, 2.45) is 0 Å². The van der Waals surface area contributed by atoms with Crippen molar-refractivity contribution in [3.8, 4) is 0 Å². The third-order valence-corrected chi connectivity index (χ3v) is 2.28. The Morgan fingerprint density at radius 3 is 3.07 bits per heavy atom. The molecule has 0 aromatic carbocycles. The van der Waals surface area contributed by atoms with Crippen molar-refractivity contribution >= 4 is 11.8 Å². The molecule has 0 heterocycles. The number of rotatable bonds is 3. The van der Waals surface area contributed by atoms with Crippen LogP contribution >= 0.6 is 0 Å². The molecule has 0 atom stereocenters. The normalized spacial score (nSPS) is 17.4. The maximum atomic E-state index is 11.5. The lowest BCUT2D eigenvalue weighted by Crippen LogP contribution is -2.11. The van der Waals surface area contributed by atoms with Gasteiger partial charge >= 0.3 is 5.97 Å².